The van der Waals surface area contributed by atoms with E-state index in [1.54, 1.807) is 14.2 Å². The Bertz CT molecular complexity index is 689. The Kier molecular flexibility index (Phi) is 24.1. The van der Waals surface area contributed by atoms with Gasteiger partial charge in [-0.15, -0.1) is 5.06 Å². The molecular formula is C32H63NO9. The van der Waals surface area contributed by atoms with Crippen molar-refractivity contribution in [3.8, 4) is 0 Å². The van der Waals surface area contributed by atoms with Gasteiger partial charge in [-0.05, 0) is 77.6 Å². The lowest BCUT2D eigenvalue weighted by molar-refractivity contribution is -0.197. The van der Waals surface area contributed by atoms with Crippen LogP contribution in [0.25, 0.3) is 0 Å². The van der Waals surface area contributed by atoms with Gasteiger partial charge in [-0.2, -0.15) is 0 Å². The highest BCUT2D eigenvalue weighted by Gasteiger charge is 2.32. The Balaban J connectivity index is 0. The van der Waals surface area contributed by atoms with Crippen LogP contribution in [0.5, 0.6) is 0 Å². The third-order valence-electron chi connectivity index (χ3n) is 7.20. The molecular weight excluding hydrogens is 542 g/mol. The maximum atomic E-state index is 11.7. The van der Waals surface area contributed by atoms with Crippen molar-refractivity contribution >= 4 is 17.8 Å². The molecule has 10 heteroatoms. The van der Waals surface area contributed by atoms with Gasteiger partial charge in [0.1, 0.15) is 0 Å². The molecule has 0 spiro atoms. The number of amides is 2. The Hall–Kier alpha value is -1.59. The number of hydroxylamine groups is 2. The van der Waals surface area contributed by atoms with Gasteiger partial charge in [0.15, 0.2) is 0 Å². The number of nitrogens with zero attached hydrogens (tertiary/aromatic N) is 1. The van der Waals surface area contributed by atoms with Crippen LogP contribution in [0.3, 0.4) is 0 Å². The Morgan fingerprint density at radius 1 is 0.833 bits per heavy atom. The normalized spacial score (nSPS) is 14.5. The molecule has 1 heterocycles. The molecule has 1 saturated heterocycles. The lowest BCUT2D eigenvalue weighted by Crippen LogP contribution is -2.31. The van der Waals surface area contributed by atoms with Gasteiger partial charge in [-0.3, -0.25) is 9.59 Å². The van der Waals surface area contributed by atoms with Crippen LogP contribution in [0.1, 0.15) is 120 Å². The van der Waals surface area contributed by atoms with Crippen LogP contribution in [0.4, 0.5) is 0 Å². The minimum atomic E-state index is -0.515. The zero-order chi connectivity index (χ0) is 32.8. The van der Waals surface area contributed by atoms with Crippen LogP contribution in [-0.2, 0) is 33.4 Å². The van der Waals surface area contributed by atoms with E-state index < -0.39 is 17.8 Å². The molecule has 42 heavy (non-hydrogen) atoms. The molecule has 0 bridgehead atoms. The number of carbonyl (C=O) groups excluding carboxylic acids is 3. The number of unbranched alkanes of at least 4 members (excludes halogenated alkanes) is 3. The summed E-state index contributed by atoms with van der Waals surface area (Å²) in [6.45, 7) is 18.7. The molecule has 250 valence electrons. The summed E-state index contributed by atoms with van der Waals surface area (Å²) in [5.74, 6) is 0.559. The third-order valence-corrected chi connectivity index (χ3v) is 7.20. The van der Waals surface area contributed by atoms with E-state index in [9.17, 15) is 14.4 Å². The summed E-state index contributed by atoms with van der Waals surface area (Å²) in [6.07, 6.45) is 6.63. The summed E-state index contributed by atoms with van der Waals surface area (Å²) in [7, 11) is 3.30. The molecule has 0 aromatic heterocycles. The number of hydrogen-bond acceptors (Lipinski definition) is 9. The predicted octanol–water partition coefficient (Wildman–Crippen LogP) is 5.47. The van der Waals surface area contributed by atoms with Gasteiger partial charge < -0.3 is 29.3 Å². The maximum Gasteiger partial charge on any atom is 0.333 e. The monoisotopic (exact) mass is 605 g/mol. The van der Waals surface area contributed by atoms with Crippen molar-refractivity contribution in [2.45, 2.75) is 131 Å². The fourth-order valence-corrected chi connectivity index (χ4v) is 3.75. The summed E-state index contributed by atoms with van der Waals surface area (Å²) in [5.41, 5.74) is -0.316. The van der Waals surface area contributed by atoms with Crippen molar-refractivity contribution < 1.29 is 43.6 Å². The first-order valence-corrected chi connectivity index (χ1v) is 15.5. The Morgan fingerprint density at radius 3 is 1.69 bits per heavy atom. The number of imide groups is 1. The van der Waals surface area contributed by atoms with Gasteiger partial charge in [-0.25, -0.2) is 4.79 Å². The van der Waals surface area contributed by atoms with Gasteiger partial charge in [-0.1, -0.05) is 40.5 Å². The van der Waals surface area contributed by atoms with E-state index in [1.165, 1.54) is 6.42 Å². The molecule has 0 aromatic carbocycles. The first-order valence-electron chi connectivity index (χ1n) is 15.5. The van der Waals surface area contributed by atoms with Crippen LogP contribution < -0.4 is 0 Å². The van der Waals surface area contributed by atoms with Crippen molar-refractivity contribution in [3.05, 3.63) is 0 Å². The average molecular weight is 606 g/mol. The maximum absolute atomic E-state index is 11.7. The smallest absolute Gasteiger partial charge is 0.333 e. The highest BCUT2D eigenvalue weighted by Crippen LogP contribution is 2.21. The predicted molar refractivity (Wildman–Crippen MR) is 164 cm³/mol. The standard InChI is InChI=1S/C20H35NO5.2C6H14O2/c1-15(2)13-17(16(3)4)14-25-12-8-6-5-7-9-20(24)26-21-18(22)10-11-19(21)23;2*1-6(2,8-3)4-5-7/h15-17H,5-14H2,1-4H3;2*7H,4-5H2,1-3H3. The molecule has 0 radical (unpaired) electrons. The largest absolute Gasteiger partial charge is 0.396 e. The van der Waals surface area contributed by atoms with Crippen LogP contribution >= 0.6 is 0 Å². The summed E-state index contributed by atoms with van der Waals surface area (Å²) >= 11 is 0. The van der Waals surface area contributed by atoms with E-state index in [0.717, 1.165) is 32.5 Å². The summed E-state index contributed by atoms with van der Waals surface area (Å²) in [6, 6.07) is 0. The van der Waals surface area contributed by atoms with Crippen LogP contribution in [-0.4, -0.2) is 84.9 Å². The number of carbonyl (C=O) groups is 3. The molecule has 1 fully saturated rings. The zero-order valence-electron chi connectivity index (χ0n) is 28.3. The van der Waals surface area contributed by atoms with Crippen molar-refractivity contribution in [1.82, 2.24) is 5.06 Å². The van der Waals surface area contributed by atoms with Gasteiger partial charge in [0.05, 0.1) is 11.2 Å². The molecule has 1 aliphatic heterocycles. The molecule has 2 amide bonds. The molecule has 2 N–H and O–H groups in total. The van der Waals surface area contributed by atoms with E-state index in [-0.39, 0.29) is 43.7 Å². The molecule has 0 saturated carbocycles. The zero-order valence-corrected chi connectivity index (χ0v) is 28.3. The van der Waals surface area contributed by atoms with Gasteiger partial charge in [0.2, 0.25) is 0 Å². The number of ether oxygens (including phenoxy) is 3. The number of aliphatic hydroxyl groups excluding tert-OH is 2. The fourth-order valence-electron chi connectivity index (χ4n) is 3.75. The van der Waals surface area contributed by atoms with Crippen molar-refractivity contribution in [2.24, 2.45) is 17.8 Å². The molecule has 0 aromatic rings. The second-order valence-electron chi connectivity index (χ2n) is 12.8. The minimum Gasteiger partial charge on any atom is -0.396 e. The highest BCUT2D eigenvalue weighted by atomic mass is 16.7. The SMILES string of the molecule is CC(C)CC(COCCCCCCC(=O)ON1C(=O)CCC1=O)C(C)C.COC(C)(C)CCO.COC(C)(C)CCO. The first kappa shape index (κ1) is 42.5. The molecule has 1 rings (SSSR count). The van der Waals surface area contributed by atoms with Gasteiger partial charge >= 0.3 is 5.97 Å². The van der Waals surface area contributed by atoms with Crippen molar-refractivity contribution in [3.63, 3.8) is 0 Å². The summed E-state index contributed by atoms with van der Waals surface area (Å²) in [5, 5.41) is 17.5. The van der Waals surface area contributed by atoms with Gasteiger partial charge in [0, 0.05) is 59.9 Å². The second kappa shape index (κ2) is 23.8. The lowest BCUT2D eigenvalue weighted by atomic mass is 9.88. The first-order chi connectivity index (χ1) is 19.6. The topological polar surface area (TPSA) is 132 Å². The number of aliphatic hydroxyl groups is 2. The molecule has 1 atom stereocenters. The molecule has 1 unspecified atom stereocenters. The van der Waals surface area contributed by atoms with E-state index in [4.69, 9.17) is 29.3 Å². The van der Waals surface area contributed by atoms with E-state index in [0.29, 0.717) is 42.1 Å². The summed E-state index contributed by atoms with van der Waals surface area (Å²) in [4.78, 5) is 39.2. The van der Waals surface area contributed by atoms with E-state index >= 15 is 0 Å². The number of methoxy groups -OCH3 is 2. The number of rotatable bonds is 19. The van der Waals surface area contributed by atoms with Gasteiger partial charge in [0.25, 0.3) is 11.8 Å². The van der Waals surface area contributed by atoms with Crippen LogP contribution in [0, 0.1) is 17.8 Å². The molecule has 0 aliphatic carbocycles. The third kappa shape index (κ3) is 22.9. The minimum absolute atomic E-state index is 0.126. The Morgan fingerprint density at radius 2 is 1.31 bits per heavy atom. The van der Waals surface area contributed by atoms with Crippen LogP contribution in [0.2, 0.25) is 0 Å². The van der Waals surface area contributed by atoms with E-state index in [1.807, 2.05) is 27.7 Å². The quantitative estimate of drug-likeness (QED) is 0.145. The summed E-state index contributed by atoms with van der Waals surface area (Å²) < 4.78 is 15.9. The fraction of sp³-hybridized carbons (Fsp3) is 0.906. The van der Waals surface area contributed by atoms with Crippen molar-refractivity contribution in [2.75, 3.05) is 40.6 Å². The number of hydrogen-bond donors (Lipinski definition) is 2. The Labute approximate surface area is 255 Å². The lowest BCUT2D eigenvalue weighted by Gasteiger charge is -2.22. The molecule has 1 aliphatic rings. The van der Waals surface area contributed by atoms with Crippen molar-refractivity contribution in [1.29, 1.82) is 0 Å². The second-order valence-corrected chi connectivity index (χ2v) is 12.8. The highest BCUT2D eigenvalue weighted by molar-refractivity contribution is 6.01. The van der Waals surface area contributed by atoms with E-state index in [2.05, 4.69) is 27.7 Å². The average Bonchev–Trinajstić information content (AvgIpc) is 3.22. The molecule has 10 nitrogen and oxygen atoms in total. The van der Waals surface area contributed by atoms with Crippen LogP contribution in [0.15, 0.2) is 0 Å².